The molecule has 1 amide bonds. The molecule has 1 atom stereocenters. The van der Waals surface area contributed by atoms with Crippen molar-refractivity contribution in [2.75, 3.05) is 0 Å². The summed E-state index contributed by atoms with van der Waals surface area (Å²) in [7, 11) is 0. The van der Waals surface area contributed by atoms with E-state index in [4.69, 9.17) is 5.73 Å². The van der Waals surface area contributed by atoms with Gasteiger partial charge in [-0.2, -0.15) is 0 Å². The van der Waals surface area contributed by atoms with Gasteiger partial charge in [-0.25, -0.2) is 0 Å². The van der Waals surface area contributed by atoms with E-state index in [2.05, 4.69) is 19.2 Å². The minimum atomic E-state index is 0. The molecule has 102 valence electrons. The molecule has 1 aliphatic carbocycles. The van der Waals surface area contributed by atoms with Crippen LogP contribution >= 0.6 is 12.4 Å². The van der Waals surface area contributed by atoms with Crippen LogP contribution in [0.15, 0.2) is 0 Å². The van der Waals surface area contributed by atoms with Crippen molar-refractivity contribution in [3.63, 3.8) is 0 Å². The maximum atomic E-state index is 11.7. The van der Waals surface area contributed by atoms with Crippen LogP contribution in [0.2, 0.25) is 0 Å². The van der Waals surface area contributed by atoms with Crippen molar-refractivity contribution in [2.45, 2.75) is 70.9 Å². The van der Waals surface area contributed by atoms with Crippen molar-refractivity contribution in [3.05, 3.63) is 0 Å². The minimum Gasteiger partial charge on any atom is -0.353 e. The van der Waals surface area contributed by atoms with Crippen molar-refractivity contribution < 1.29 is 4.79 Å². The molecule has 0 aromatic heterocycles. The van der Waals surface area contributed by atoms with E-state index in [1.165, 1.54) is 0 Å². The van der Waals surface area contributed by atoms with Gasteiger partial charge >= 0.3 is 0 Å². The Hall–Kier alpha value is -0.280. The molecule has 0 bridgehead atoms. The maximum Gasteiger partial charge on any atom is 0.220 e. The Labute approximate surface area is 111 Å². The normalized spacial score (nSPS) is 25.8. The largest absolute Gasteiger partial charge is 0.353 e. The summed E-state index contributed by atoms with van der Waals surface area (Å²) in [6.45, 7) is 4.32. The molecule has 1 aliphatic rings. The Morgan fingerprint density at radius 2 is 1.94 bits per heavy atom. The second-order valence-corrected chi connectivity index (χ2v) is 5.28. The number of carbonyl (C=O) groups excluding carboxylic acids is 1. The van der Waals surface area contributed by atoms with E-state index in [9.17, 15) is 4.79 Å². The lowest BCUT2D eigenvalue weighted by atomic mass is 9.91. The van der Waals surface area contributed by atoms with Gasteiger partial charge in [0.2, 0.25) is 5.91 Å². The summed E-state index contributed by atoms with van der Waals surface area (Å²) in [5, 5.41) is 3.13. The quantitative estimate of drug-likeness (QED) is 0.800. The summed E-state index contributed by atoms with van der Waals surface area (Å²) in [6, 6.07) is 0.730. The lowest BCUT2D eigenvalue weighted by Crippen LogP contribution is -2.40. The highest BCUT2D eigenvalue weighted by Gasteiger charge is 2.20. The molecule has 0 aliphatic heterocycles. The van der Waals surface area contributed by atoms with Crippen LogP contribution in [-0.4, -0.2) is 18.0 Å². The zero-order valence-corrected chi connectivity index (χ0v) is 11.9. The summed E-state index contributed by atoms with van der Waals surface area (Å²) < 4.78 is 0. The molecule has 0 spiro atoms. The molecule has 1 unspecified atom stereocenters. The van der Waals surface area contributed by atoms with Gasteiger partial charge in [-0.3, -0.25) is 4.79 Å². The average molecular weight is 263 g/mol. The van der Waals surface area contributed by atoms with E-state index in [-0.39, 0.29) is 18.3 Å². The Morgan fingerprint density at radius 3 is 2.47 bits per heavy atom. The molecule has 1 fully saturated rings. The van der Waals surface area contributed by atoms with E-state index in [0.717, 1.165) is 38.5 Å². The Balaban J connectivity index is 0.00000256. The van der Waals surface area contributed by atoms with E-state index in [1.807, 2.05) is 0 Å². The first-order valence-electron chi connectivity index (χ1n) is 6.66. The van der Waals surface area contributed by atoms with Gasteiger partial charge in [0.1, 0.15) is 0 Å². The number of rotatable bonds is 5. The molecule has 17 heavy (non-hydrogen) atoms. The van der Waals surface area contributed by atoms with Gasteiger partial charge in [0, 0.05) is 18.5 Å². The van der Waals surface area contributed by atoms with Crippen molar-refractivity contribution in [1.29, 1.82) is 0 Å². The molecular weight excluding hydrogens is 236 g/mol. The van der Waals surface area contributed by atoms with Crippen molar-refractivity contribution in [1.82, 2.24) is 5.32 Å². The van der Waals surface area contributed by atoms with Gasteiger partial charge in [0.25, 0.3) is 0 Å². The summed E-state index contributed by atoms with van der Waals surface area (Å²) in [4.78, 5) is 11.7. The highest BCUT2D eigenvalue weighted by atomic mass is 35.5. The summed E-state index contributed by atoms with van der Waals surface area (Å²) in [5.41, 5.74) is 5.84. The van der Waals surface area contributed by atoms with Crippen LogP contribution < -0.4 is 11.1 Å². The van der Waals surface area contributed by atoms with Gasteiger partial charge in [-0.15, -0.1) is 12.4 Å². The zero-order valence-electron chi connectivity index (χ0n) is 11.1. The van der Waals surface area contributed by atoms with Crippen molar-refractivity contribution >= 4 is 18.3 Å². The van der Waals surface area contributed by atoms with E-state index in [1.54, 1.807) is 0 Å². The molecule has 3 N–H and O–H groups in total. The second-order valence-electron chi connectivity index (χ2n) is 5.28. The van der Waals surface area contributed by atoms with Crippen LogP contribution in [0, 0.1) is 5.92 Å². The van der Waals surface area contributed by atoms with Crippen LogP contribution in [0.1, 0.15) is 58.8 Å². The van der Waals surface area contributed by atoms with Gasteiger partial charge in [0.05, 0.1) is 0 Å². The van der Waals surface area contributed by atoms with E-state index in [0.29, 0.717) is 24.4 Å². The Kier molecular flexibility index (Phi) is 8.61. The van der Waals surface area contributed by atoms with Crippen LogP contribution in [0.5, 0.6) is 0 Å². The summed E-state index contributed by atoms with van der Waals surface area (Å²) in [5.74, 6) is 0.734. The fourth-order valence-corrected chi connectivity index (χ4v) is 2.46. The number of hydrogen-bond acceptors (Lipinski definition) is 2. The Bertz CT molecular complexity index is 215. The molecule has 0 saturated heterocycles. The molecule has 1 rings (SSSR count). The molecule has 3 nitrogen and oxygen atoms in total. The van der Waals surface area contributed by atoms with Gasteiger partial charge in [0.15, 0.2) is 0 Å². The first kappa shape index (κ1) is 16.7. The topological polar surface area (TPSA) is 55.1 Å². The molecule has 0 heterocycles. The molecule has 0 aromatic carbocycles. The van der Waals surface area contributed by atoms with E-state index < -0.39 is 0 Å². The number of nitrogens with one attached hydrogen (secondary N) is 1. The minimum absolute atomic E-state index is 0. The monoisotopic (exact) mass is 262 g/mol. The van der Waals surface area contributed by atoms with E-state index >= 15 is 0 Å². The standard InChI is InChI=1S/C13H26N2O.ClH/c1-3-4-10(2)9-13(16)15-12-7-5-11(14)6-8-12;/h10-12H,3-9,14H2,1-2H3,(H,15,16);1H. The first-order chi connectivity index (χ1) is 7.61. The third-order valence-electron chi connectivity index (χ3n) is 3.45. The lowest BCUT2D eigenvalue weighted by Gasteiger charge is -2.27. The molecule has 1 saturated carbocycles. The highest BCUT2D eigenvalue weighted by molar-refractivity contribution is 5.85. The zero-order chi connectivity index (χ0) is 12.0. The van der Waals surface area contributed by atoms with Crippen LogP contribution in [0.4, 0.5) is 0 Å². The smallest absolute Gasteiger partial charge is 0.220 e. The van der Waals surface area contributed by atoms with Crippen LogP contribution in [0.3, 0.4) is 0 Å². The number of halogens is 1. The van der Waals surface area contributed by atoms with Crippen LogP contribution in [0.25, 0.3) is 0 Å². The summed E-state index contributed by atoms with van der Waals surface area (Å²) >= 11 is 0. The number of amides is 1. The first-order valence-corrected chi connectivity index (χ1v) is 6.66. The molecular formula is C13H27ClN2O. The maximum absolute atomic E-state index is 11.7. The van der Waals surface area contributed by atoms with Gasteiger partial charge in [-0.1, -0.05) is 26.7 Å². The number of nitrogens with two attached hydrogens (primary N) is 1. The fraction of sp³-hybridized carbons (Fsp3) is 0.923. The molecule has 4 heteroatoms. The Morgan fingerprint density at radius 1 is 1.35 bits per heavy atom. The molecule has 0 aromatic rings. The van der Waals surface area contributed by atoms with Crippen molar-refractivity contribution in [2.24, 2.45) is 11.7 Å². The SMILES string of the molecule is CCCC(C)CC(=O)NC1CCC(N)CC1.Cl. The summed E-state index contributed by atoms with van der Waals surface area (Å²) in [6.07, 6.45) is 7.18. The van der Waals surface area contributed by atoms with Gasteiger partial charge < -0.3 is 11.1 Å². The second kappa shape index (κ2) is 8.76. The third kappa shape index (κ3) is 6.89. The number of hydrogen-bond donors (Lipinski definition) is 2. The predicted molar refractivity (Wildman–Crippen MR) is 74.3 cm³/mol. The number of carbonyl (C=O) groups is 1. The predicted octanol–water partition coefficient (Wildman–Crippen LogP) is 2.62. The third-order valence-corrected chi connectivity index (χ3v) is 3.45. The lowest BCUT2D eigenvalue weighted by molar-refractivity contribution is -0.122. The average Bonchev–Trinajstić information content (AvgIpc) is 2.21. The fourth-order valence-electron chi connectivity index (χ4n) is 2.46. The van der Waals surface area contributed by atoms with Crippen LogP contribution in [-0.2, 0) is 4.79 Å². The highest BCUT2D eigenvalue weighted by Crippen LogP contribution is 2.17. The van der Waals surface area contributed by atoms with Gasteiger partial charge in [-0.05, 0) is 31.6 Å². The molecule has 0 radical (unpaired) electrons. The van der Waals surface area contributed by atoms with Crippen molar-refractivity contribution in [3.8, 4) is 0 Å².